The maximum atomic E-state index is 11.8. The van der Waals surface area contributed by atoms with Crippen molar-refractivity contribution in [1.29, 1.82) is 0 Å². The Bertz CT molecular complexity index is 320. The highest BCUT2D eigenvalue weighted by Crippen LogP contribution is 1.97. The highest BCUT2D eigenvalue weighted by molar-refractivity contribution is 5.86. The standard InChI is InChI=1S/C11H20N2O6/c1-3-13(5-6-19-4-2)11(18)12-8(10(16)17)7-9(14)15/h8H,3-7H2,1-2H3,(H,12,18)(H,14,15)(H,16,17)/t8-/m0/s1. The van der Waals surface area contributed by atoms with E-state index in [2.05, 4.69) is 5.32 Å². The number of aliphatic carboxylic acids is 2. The van der Waals surface area contributed by atoms with Crippen molar-refractivity contribution in [3.05, 3.63) is 0 Å². The number of carbonyl (C=O) groups excluding carboxylic acids is 1. The molecule has 0 radical (unpaired) electrons. The van der Waals surface area contributed by atoms with Crippen molar-refractivity contribution in [3.63, 3.8) is 0 Å². The SMILES string of the molecule is CCOCCN(CC)C(=O)N[C@@H](CC(=O)O)C(=O)O. The first kappa shape index (κ1) is 17.2. The molecule has 0 rings (SSSR count). The van der Waals surface area contributed by atoms with Crippen molar-refractivity contribution in [1.82, 2.24) is 10.2 Å². The zero-order valence-electron chi connectivity index (χ0n) is 11.1. The number of likely N-dealkylation sites (N-methyl/N-ethyl adjacent to an activating group) is 1. The molecule has 0 aliphatic carbocycles. The van der Waals surface area contributed by atoms with Crippen LogP contribution in [0.5, 0.6) is 0 Å². The molecule has 0 aromatic carbocycles. The van der Waals surface area contributed by atoms with Crippen molar-refractivity contribution in [2.75, 3.05) is 26.3 Å². The number of urea groups is 1. The van der Waals surface area contributed by atoms with Crippen molar-refractivity contribution < 1.29 is 29.3 Å². The molecular weight excluding hydrogens is 256 g/mol. The molecule has 0 spiro atoms. The number of carboxylic acids is 2. The van der Waals surface area contributed by atoms with Crippen LogP contribution in [0.25, 0.3) is 0 Å². The van der Waals surface area contributed by atoms with E-state index in [0.717, 1.165) is 0 Å². The van der Waals surface area contributed by atoms with Gasteiger partial charge in [-0.15, -0.1) is 0 Å². The van der Waals surface area contributed by atoms with Crippen molar-refractivity contribution in [3.8, 4) is 0 Å². The minimum absolute atomic E-state index is 0.315. The molecule has 3 N–H and O–H groups in total. The fourth-order valence-corrected chi connectivity index (χ4v) is 1.34. The highest BCUT2D eigenvalue weighted by atomic mass is 16.5. The van der Waals surface area contributed by atoms with E-state index in [-0.39, 0.29) is 0 Å². The third kappa shape index (κ3) is 7.24. The highest BCUT2D eigenvalue weighted by Gasteiger charge is 2.24. The van der Waals surface area contributed by atoms with Gasteiger partial charge in [0.1, 0.15) is 6.04 Å². The van der Waals surface area contributed by atoms with E-state index in [1.165, 1.54) is 4.90 Å². The number of carboxylic acid groups (broad SMARTS) is 2. The van der Waals surface area contributed by atoms with E-state index < -0.39 is 30.4 Å². The van der Waals surface area contributed by atoms with Crippen LogP contribution in [0.4, 0.5) is 4.79 Å². The molecule has 0 unspecified atom stereocenters. The molecule has 8 heteroatoms. The summed E-state index contributed by atoms with van der Waals surface area (Å²) in [7, 11) is 0. The zero-order chi connectivity index (χ0) is 14.8. The summed E-state index contributed by atoms with van der Waals surface area (Å²) in [4.78, 5) is 34.4. The molecule has 0 aromatic rings. The van der Waals surface area contributed by atoms with Gasteiger partial charge in [-0.2, -0.15) is 0 Å². The van der Waals surface area contributed by atoms with Crippen LogP contribution in [0.2, 0.25) is 0 Å². The summed E-state index contributed by atoms with van der Waals surface area (Å²) < 4.78 is 5.10. The minimum atomic E-state index is -1.44. The number of carbonyl (C=O) groups is 3. The first-order valence-electron chi connectivity index (χ1n) is 6.00. The maximum absolute atomic E-state index is 11.8. The average Bonchev–Trinajstić information content (AvgIpc) is 2.33. The van der Waals surface area contributed by atoms with Gasteiger partial charge in [0.25, 0.3) is 0 Å². The summed E-state index contributed by atoms with van der Waals surface area (Å²) in [5.74, 6) is -2.67. The molecule has 0 fully saturated rings. The first-order chi connectivity index (χ1) is 8.92. The van der Waals surface area contributed by atoms with Crippen LogP contribution < -0.4 is 5.32 Å². The second kappa shape index (κ2) is 9.15. The Kier molecular flexibility index (Phi) is 8.27. The molecule has 8 nitrogen and oxygen atoms in total. The molecule has 110 valence electrons. The van der Waals surface area contributed by atoms with E-state index in [1.54, 1.807) is 6.92 Å². The van der Waals surface area contributed by atoms with Gasteiger partial charge in [-0.1, -0.05) is 0 Å². The van der Waals surface area contributed by atoms with E-state index >= 15 is 0 Å². The fourth-order valence-electron chi connectivity index (χ4n) is 1.34. The quantitative estimate of drug-likeness (QED) is 0.510. The lowest BCUT2D eigenvalue weighted by molar-refractivity contribution is -0.145. The molecule has 1 atom stereocenters. The normalized spacial score (nSPS) is 11.7. The summed E-state index contributed by atoms with van der Waals surface area (Å²) in [5, 5.41) is 19.6. The average molecular weight is 276 g/mol. The first-order valence-corrected chi connectivity index (χ1v) is 6.00. The lowest BCUT2D eigenvalue weighted by atomic mass is 10.2. The van der Waals surface area contributed by atoms with Gasteiger partial charge in [-0.05, 0) is 13.8 Å². The number of hydrogen-bond donors (Lipinski definition) is 3. The Balaban J connectivity index is 4.41. The smallest absolute Gasteiger partial charge is 0.326 e. The lowest BCUT2D eigenvalue weighted by Gasteiger charge is -2.23. The number of nitrogens with one attached hydrogen (secondary N) is 1. The Morgan fingerprint density at radius 1 is 1.26 bits per heavy atom. The summed E-state index contributed by atoms with van der Waals surface area (Å²) in [6, 6.07) is -2.05. The van der Waals surface area contributed by atoms with E-state index in [1.807, 2.05) is 6.92 Å². The fraction of sp³-hybridized carbons (Fsp3) is 0.727. The van der Waals surface area contributed by atoms with Gasteiger partial charge < -0.3 is 25.2 Å². The zero-order valence-corrected chi connectivity index (χ0v) is 11.1. The Hall–Kier alpha value is -1.83. The third-order valence-corrected chi connectivity index (χ3v) is 2.35. The van der Waals surface area contributed by atoms with Crippen LogP contribution in [0.3, 0.4) is 0 Å². The molecule has 19 heavy (non-hydrogen) atoms. The summed E-state index contributed by atoms with van der Waals surface area (Å²) >= 11 is 0. The molecular formula is C11H20N2O6. The second-order valence-electron chi connectivity index (χ2n) is 3.71. The van der Waals surface area contributed by atoms with Crippen molar-refractivity contribution in [2.45, 2.75) is 26.3 Å². The van der Waals surface area contributed by atoms with Gasteiger partial charge in [0.2, 0.25) is 0 Å². The van der Waals surface area contributed by atoms with Crippen molar-refractivity contribution in [2.24, 2.45) is 0 Å². The largest absolute Gasteiger partial charge is 0.481 e. The maximum Gasteiger partial charge on any atom is 0.326 e. The molecule has 0 heterocycles. The topological polar surface area (TPSA) is 116 Å². The minimum Gasteiger partial charge on any atom is -0.481 e. The number of ether oxygens (including phenoxy) is 1. The van der Waals surface area contributed by atoms with E-state index in [9.17, 15) is 14.4 Å². The van der Waals surface area contributed by atoms with Gasteiger partial charge in [0, 0.05) is 19.7 Å². The Morgan fingerprint density at radius 2 is 1.89 bits per heavy atom. The molecule has 0 saturated heterocycles. The molecule has 0 aliphatic heterocycles. The van der Waals surface area contributed by atoms with Crippen LogP contribution in [-0.2, 0) is 14.3 Å². The van der Waals surface area contributed by atoms with Crippen LogP contribution in [0.15, 0.2) is 0 Å². The van der Waals surface area contributed by atoms with Gasteiger partial charge in [0.15, 0.2) is 0 Å². The summed E-state index contributed by atoms with van der Waals surface area (Å²) in [6.07, 6.45) is -0.663. The van der Waals surface area contributed by atoms with Gasteiger partial charge >= 0.3 is 18.0 Å². The van der Waals surface area contributed by atoms with Gasteiger partial charge in [-0.25, -0.2) is 9.59 Å². The summed E-state index contributed by atoms with van der Waals surface area (Å²) in [6.45, 7) is 5.11. The molecule has 2 amide bonds. The molecule has 0 saturated carbocycles. The summed E-state index contributed by atoms with van der Waals surface area (Å²) in [5.41, 5.74) is 0. The molecule has 0 aromatic heterocycles. The lowest BCUT2D eigenvalue weighted by Crippen LogP contribution is -2.49. The molecule has 0 aliphatic rings. The van der Waals surface area contributed by atoms with Crippen molar-refractivity contribution >= 4 is 18.0 Å². The number of hydrogen-bond acceptors (Lipinski definition) is 4. The monoisotopic (exact) mass is 276 g/mol. The predicted octanol–water partition coefficient (Wildman–Crippen LogP) is -0.0177. The van der Waals surface area contributed by atoms with Crippen LogP contribution in [0, 0.1) is 0 Å². The third-order valence-electron chi connectivity index (χ3n) is 2.35. The Labute approximate surface area is 111 Å². The number of nitrogens with zero attached hydrogens (tertiary/aromatic N) is 1. The van der Waals surface area contributed by atoms with E-state index in [0.29, 0.717) is 26.3 Å². The Morgan fingerprint density at radius 3 is 2.32 bits per heavy atom. The second-order valence-corrected chi connectivity index (χ2v) is 3.71. The van der Waals surface area contributed by atoms with Crippen LogP contribution >= 0.6 is 0 Å². The molecule has 0 bridgehead atoms. The van der Waals surface area contributed by atoms with E-state index in [4.69, 9.17) is 14.9 Å². The predicted molar refractivity (Wildman–Crippen MR) is 65.9 cm³/mol. The van der Waals surface area contributed by atoms with Gasteiger partial charge in [0.05, 0.1) is 13.0 Å². The van der Waals surface area contributed by atoms with Gasteiger partial charge in [-0.3, -0.25) is 4.79 Å². The van der Waals surface area contributed by atoms with Crippen LogP contribution in [0.1, 0.15) is 20.3 Å². The van der Waals surface area contributed by atoms with Crippen LogP contribution in [-0.4, -0.2) is 65.4 Å². The number of amides is 2. The number of rotatable bonds is 9.